The number of methoxy groups -OCH3 is 1. The first-order valence-electron chi connectivity index (χ1n) is 7.46. The Balaban J connectivity index is 1.98. The molecule has 0 aliphatic rings. The summed E-state index contributed by atoms with van der Waals surface area (Å²) in [6.07, 6.45) is 0. The van der Waals surface area contributed by atoms with Crippen molar-refractivity contribution in [3.63, 3.8) is 0 Å². The number of nitrogens with one attached hydrogen (secondary N) is 2. The summed E-state index contributed by atoms with van der Waals surface area (Å²) in [7, 11) is 1.29. The van der Waals surface area contributed by atoms with Crippen molar-refractivity contribution in [2.24, 2.45) is 0 Å². The number of hydrogen-bond donors (Lipinski definition) is 2. The highest BCUT2D eigenvalue weighted by atomic mass is 35.5. The Bertz CT molecular complexity index is 850. The molecule has 2 amide bonds. The van der Waals surface area contributed by atoms with E-state index >= 15 is 0 Å². The molecular weight excluding hydrogens is 405 g/mol. The van der Waals surface area contributed by atoms with Crippen molar-refractivity contribution in [2.45, 2.75) is 6.61 Å². The minimum atomic E-state index is -3.05. The average Bonchev–Trinajstić information content (AvgIpc) is 2.59. The van der Waals surface area contributed by atoms with Crippen LogP contribution in [0.5, 0.6) is 11.5 Å². The van der Waals surface area contributed by atoms with Crippen LogP contribution in [0.1, 0.15) is 10.4 Å². The number of benzene rings is 2. The molecule has 0 unspecified atom stereocenters. The molecule has 0 heterocycles. The Morgan fingerprint density at radius 1 is 1.11 bits per heavy atom. The summed E-state index contributed by atoms with van der Waals surface area (Å²) in [5.41, 5.74) is 0.348. The van der Waals surface area contributed by atoms with E-state index in [0.29, 0.717) is 5.02 Å². The molecule has 144 valence electrons. The fourth-order valence-corrected chi connectivity index (χ4v) is 2.57. The van der Waals surface area contributed by atoms with E-state index in [4.69, 9.17) is 27.9 Å². The van der Waals surface area contributed by atoms with Crippen molar-refractivity contribution in [2.75, 3.05) is 19.0 Å². The van der Waals surface area contributed by atoms with Gasteiger partial charge in [-0.2, -0.15) is 8.78 Å². The molecule has 2 aromatic rings. The minimum absolute atomic E-state index is 0.0824. The predicted molar refractivity (Wildman–Crippen MR) is 97.1 cm³/mol. The molecule has 0 spiro atoms. The molecular formula is C17H14Cl2F2N2O4. The summed E-state index contributed by atoms with van der Waals surface area (Å²) in [5.74, 6) is -1.30. The number of carbonyl (C=O) groups excluding carboxylic acids is 2. The van der Waals surface area contributed by atoms with Gasteiger partial charge >= 0.3 is 6.61 Å². The lowest BCUT2D eigenvalue weighted by Crippen LogP contribution is -2.33. The molecule has 10 heteroatoms. The molecule has 2 N–H and O–H groups in total. The maximum Gasteiger partial charge on any atom is 0.387 e. The minimum Gasteiger partial charge on any atom is -0.493 e. The van der Waals surface area contributed by atoms with Crippen LogP contribution in [0.4, 0.5) is 14.5 Å². The van der Waals surface area contributed by atoms with Crippen LogP contribution in [0.25, 0.3) is 0 Å². The second-order valence-corrected chi connectivity index (χ2v) is 5.94. The molecule has 2 rings (SSSR count). The number of ether oxygens (including phenoxy) is 2. The third kappa shape index (κ3) is 5.97. The van der Waals surface area contributed by atoms with Crippen LogP contribution in [-0.4, -0.2) is 32.1 Å². The Morgan fingerprint density at radius 3 is 2.48 bits per heavy atom. The van der Waals surface area contributed by atoms with Crippen molar-refractivity contribution in [3.05, 3.63) is 52.0 Å². The normalized spacial score (nSPS) is 10.4. The van der Waals surface area contributed by atoms with E-state index in [0.717, 1.165) is 0 Å². The molecule has 0 radical (unpaired) electrons. The fourth-order valence-electron chi connectivity index (χ4n) is 2.08. The summed E-state index contributed by atoms with van der Waals surface area (Å²) in [6.45, 7) is -3.41. The second kappa shape index (κ2) is 9.38. The van der Waals surface area contributed by atoms with E-state index in [2.05, 4.69) is 15.4 Å². The van der Waals surface area contributed by atoms with Gasteiger partial charge in [-0.3, -0.25) is 9.59 Å². The monoisotopic (exact) mass is 418 g/mol. The van der Waals surface area contributed by atoms with Crippen molar-refractivity contribution >= 4 is 40.7 Å². The third-order valence-electron chi connectivity index (χ3n) is 3.25. The second-order valence-electron chi connectivity index (χ2n) is 5.10. The Hall–Kier alpha value is -2.58. The predicted octanol–water partition coefficient (Wildman–Crippen LogP) is 3.97. The maximum atomic E-state index is 12.4. The van der Waals surface area contributed by atoms with Crippen LogP contribution >= 0.6 is 23.2 Å². The molecule has 0 saturated carbocycles. The van der Waals surface area contributed by atoms with Crippen molar-refractivity contribution in [1.29, 1.82) is 0 Å². The van der Waals surface area contributed by atoms with Gasteiger partial charge in [-0.25, -0.2) is 0 Å². The van der Waals surface area contributed by atoms with E-state index < -0.39 is 18.4 Å². The molecule has 0 aromatic heterocycles. The zero-order valence-electron chi connectivity index (χ0n) is 13.9. The molecule has 0 saturated heterocycles. The van der Waals surface area contributed by atoms with Crippen LogP contribution in [0.15, 0.2) is 36.4 Å². The largest absolute Gasteiger partial charge is 0.493 e. The summed E-state index contributed by atoms with van der Waals surface area (Å²) in [5, 5.41) is 5.36. The van der Waals surface area contributed by atoms with Gasteiger partial charge in [0.2, 0.25) is 5.91 Å². The number of rotatable bonds is 7. The van der Waals surface area contributed by atoms with E-state index in [-0.39, 0.29) is 34.3 Å². The van der Waals surface area contributed by atoms with Gasteiger partial charge in [0.1, 0.15) is 0 Å². The summed E-state index contributed by atoms with van der Waals surface area (Å²) >= 11 is 11.7. The lowest BCUT2D eigenvalue weighted by atomic mass is 10.2. The summed E-state index contributed by atoms with van der Waals surface area (Å²) in [4.78, 5) is 24.0. The number of hydrogen-bond acceptors (Lipinski definition) is 4. The quantitative estimate of drug-likeness (QED) is 0.712. The number of anilines is 1. The first-order valence-corrected chi connectivity index (χ1v) is 8.21. The number of alkyl halides is 2. The average molecular weight is 419 g/mol. The molecule has 0 bridgehead atoms. The third-order valence-corrected chi connectivity index (χ3v) is 3.80. The lowest BCUT2D eigenvalue weighted by molar-refractivity contribution is -0.115. The van der Waals surface area contributed by atoms with Crippen LogP contribution in [0, 0.1) is 0 Å². The van der Waals surface area contributed by atoms with Crippen molar-refractivity contribution in [1.82, 2.24) is 5.32 Å². The maximum absolute atomic E-state index is 12.4. The molecule has 0 aliphatic heterocycles. The van der Waals surface area contributed by atoms with Gasteiger partial charge in [-0.05, 0) is 30.3 Å². The molecule has 0 fully saturated rings. The van der Waals surface area contributed by atoms with Gasteiger partial charge in [0.05, 0.1) is 24.2 Å². The fraction of sp³-hybridized carbons (Fsp3) is 0.176. The standard InChI is InChI=1S/C17H14Cl2F2N2O4/c1-26-13-5-3-10(7-14(13)27-17(20)21)23-15(24)8-22-16(25)11-4-2-9(18)6-12(11)19/h2-7,17H,8H2,1H3,(H,22,25)(H,23,24). The first-order chi connectivity index (χ1) is 12.8. The number of carbonyl (C=O) groups is 2. The van der Waals surface area contributed by atoms with Crippen molar-refractivity contribution < 1.29 is 27.8 Å². The highest BCUT2D eigenvalue weighted by molar-refractivity contribution is 6.36. The van der Waals surface area contributed by atoms with Crippen molar-refractivity contribution in [3.8, 4) is 11.5 Å². The highest BCUT2D eigenvalue weighted by Gasteiger charge is 2.14. The van der Waals surface area contributed by atoms with E-state index in [1.165, 1.54) is 43.5 Å². The van der Waals surface area contributed by atoms with E-state index in [9.17, 15) is 18.4 Å². The highest BCUT2D eigenvalue weighted by Crippen LogP contribution is 2.31. The van der Waals surface area contributed by atoms with Crippen LogP contribution in [0.2, 0.25) is 10.0 Å². The summed E-state index contributed by atoms with van der Waals surface area (Å²) in [6, 6.07) is 8.30. The first kappa shape index (κ1) is 20.7. The van der Waals surface area contributed by atoms with Gasteiger partial charge < -0.3 is 20.1 Å². The van der Waals surface area contributed by atoms with E-state index in [1.54, 1.807) is 0 Å². The van der Waals surface area contributed by atoms with Crippen LogP contribution < -0.4 is 20.1 Å². The molecule has 6 nitrogen and oxygen atoms in total. The zero-order valence-corrected chi connectivity index (χ0v) is 15.4. The smallest absolute Gasteiger partial charge is 0.387 e. The Kier molecular flexibility index (Phi) is 7.20. The van der Waals surface area contributed by atoms with Gasteiger partial charge in [-0.1, -0.05) is 23.2 Å². The van der Waals surface area contributed by atoms with Gasteiger partial charge in [0, 0.05) is 16.8 Å². The molecule has 0 aliphatic carbocycles. The lowest BCUT2D eigenvalue weighted by Gasteiger charge is -2.12. The van der Waals surface area contributed by atoms with Gasteiger partial charge in [-0.15, -0.1) is 0 Å². The Morgan fingerprint density at radius 2 is 1.85 bits per heavy atom. The van der Waals surface area contributed by atoms with Crippen LogP contribution in [0.3, 0.4) is 0 Å². The van der Waals surface area contributed by atoms with Gasteiger partial charge in [0.15, 0.2) is 11.5 Å². The molecule has 0 atom stereocenters. The van der Waals surface area contributed by atoms with E-state index in [1.807, 2.05) is 0 Å². The van der Waals surface area contributed by atoms with Crippen LogP contribution in [-0.2, 0) is 4.79 Å². The Labute approximate surface area is 163 Å². The molecule has 2 aromatic carbocycles. The zero-order chi connectivity index (χ0) is 20.0. The SMILES string of the molecule is COc1ccc(NC(=O)CNC(=O)c2ccc(Cl)cc2Cl)cc1OC(F)F. The number of halogens is 4. The molecule has 27 heavy (non-hydrogen) atoms. The summed E-state index contributed by atoms with van der Waals surface area (Å²) < 4.78 is 34.1. The number of amides is 2. The topological polar surface area (TPSA) is 76.7 Å². The van der Waals surface area contributed by atoms with Gasteiger partial charge in [0.25, 0.3) is 5.91 Å².